The molecule has 0 aliphatic carbocycles. The van der Waals surface area contributed by atoms with Gasteiger partial charge in [-0.25, -0.2) is 4.79 Å². The van der Waals surface area contributed by atoms with E-state index in [2.05, 4.69) is 5.32 Å². The van der Waals surface area contributed by atoms with E-state index < -0.39 is 5.97 Å². The van der Waals surface area contributed by atoms with Crippen molar-refractivity contribution in [3.05, 3.63) is 29.8 Å². The maximum atomic E-state index is 12.0. The van der Waals surface area contributed by atoms with Crippen molar-refractivity contribution in [3.8, 4) is 0 Å². The van der Waals surface area contributed by atoms with Gasteiger partial charge >= 0.3 is 5.97 Å². The van der Waals surface area contributed by atoms with Crippen molar-refractivity contribution >= 4 is 23.5 Å². The number of nitrogens with zero attached hydrogens (tertiary/aromatic N) is 1. The lowest BCUT2D eigenvalue weighted by Gasteiger charge is -2.16. The molecule has 0 atom stereocenters. The lowest BCUT2D eigenvalue weighted by molar-refractivity contribution is -0.124. The molecule has 0 unspecified atom stereocenters. The van der Waals surface area contributed by atoms with E-state index in [-0.39, 0.29) is 18.4 Å². The first kappa shape index (κ1) is 17.0. The minimum atomic E-state index is -0.571. The van der Waals surface area contributed by atoms with E-state index in [1.807, 2.05) is 13.8 Å². The van der Waals surface area contributed by atoms with E-state index in [0.717, 1.165) is 6.42 Å². The Balaban J connectivity index is 1.92. The van der Waals surface area contributed by atoms with Gasteiger partial charge in [-0.3, -0.25) is 9.59 Å². The molecule has 0 bridgehead atoms. The molecule has 0 radical (unpaired) electrons. The number of hydrogen-bond acceptors (Lipinski definition) is 4. The van der Waals surface area contributed by atoms with Gasteiger partial charge in [-0.15, -0.1) is 0 Å². The van der Waals surface area contributed by atoms with Gasteiger partial charge in [-0.2, -0.15) is 0 Å². The Morgan fingerprint density at radius 2 is 2.13 bits per heavy atom. The topological polar surface area (TPSA) is 75.7 Å². The van der Waals surface area contributed by atoms with Crippen LogP contribution >= 0.6 is 0 Å². The highest BCUT2D eigenvalue weighted by Gasteiger charge is 2.22. The Labute approximate surface area is 135 Å². The fraction of sp³-hybridized carbons (Fsp3) is 0.471. The highest BCUT2D eigenvalue weighted by molar-refractivity contribution is 5.97. The second-order valence-corrected chi connectivity index (χ2v) is 5.97. The molecule has 2 rings (SSSR count). The lowest BCUT2D eigenvalue weighted by atomic mass is 10.2. The van der Waals surface area contributed by atoms with E-state index in [1.165, 1.54) is 0 Å². The molecule has 1 saturated heterocycles. The number of hydrogen-bond donors (Lipinski definition) is 1. The first-order valence-electron chi connectivity index (χ1n) is 7.81. The van der Waals surface area contributed by atoms with Crippen LogP contribution in [-0.2, 0) is 14.3 Å². The SMILES string of the molecule is CC(C)CNC(=O)COC(=O)c1cccc(N2CCCC2=O)c1. The molecule has 124 valence electrons. The smallest absolute Gasteiger partial charge is 0.338 e. The highest BCUT2D eigenvalue weighted by atomic mass is 16.5. The summed E-state index contributed by atoms with van der Waals surface area (Å²) in [7, 11) is 0. The van der Waals surface area contributed by atoms with Crippen LogP contribution in [0.15, 0.2) is 24.3 Å². The van der Waals surface area contributed by atoms with Gasteiger partial charge in [-0.05, 0) is 30.5 Å². The van der Waals surface area contributed by atoms with Gasteiger partial charge in [0, 0.05) is 25.2 Å². The molecule has 6 heteroatoms. The molecule has 23 heavy (non-hydrogen) atoms. The number of esters is 1. The largest absolute Gasteiger partial charge is 0.452 e. The summed E-state index contributed by atoms with van der Waals surface area (Å²) in [5, 5.41) is 2.68. The zero-order valence-electron chi connectivity index (χ0n) is 13.5. The third-order valence-electron chi connectivity index (χ3n) is 3.51. The third kappa shape index (κ3) is 4.81. The van der Waals surface area contributed by atoms with Gasteiger partial charge < -0.3 is 15.0 Å². The molecule has 1 aliphatic heterocycles. The summed E-state index contributed by atoms with van der Waals surface area (Å²) in [4.78, 5) is 37.0. The normalized spacial score (nSPS) is 14.2. The predicted octanol–water partition coefficient (Wildman–Crippen LogP) is 1.74. The van der Waals surface area contributed by atoms with Crippen LogP contribution in [0.25, 0.3) is 0 Å². The Morgan fingerprint density at radius 1 is 1.35 bits per heavy atom. The average molecular weight is 318 g/mol. The number of amides is 2. The molecule has 0 saturated carbocycles. The van der Waals surface area contributed by atoms with Crippen LogP contribution in [0.1, 0.15) is 37.0 Å². The number of anilines is 1. The van der Waals surface area contributed by atoms with E-state index in [0.29, 0.717) is 36.7 Å². The number of ether oxygens (including phenoxy) is 1. The second-order valence-electron chi connectivity index (χ2n) is 5.97. The minimum Gasteiger partial charge on any atom is -0.452 e. The summed E-state index contributed by atoms with van der Waals surface area (Å²) >= 11 is 0. The molecule has 1 aromatic rings. The van der Waals surface area contributed by atoms with Crippen LogP contribution in [0.5, 0.6) is 0 Å². The summed E-state index contributed by atoms with van der Waals surface area (Å²) in [6.45, 7) is 4.87. The minimum absolute atomic E-state index is 0.0589. The summed E-state index contributed by atoms with van der Waals surface area (Å²) in [6, 6.07) is 6.72. The number of nitrogens with one attached hydrogen (secondary N) is 1. The molecular formula is C17H22N2O4. The molecule has 1 aliphatic rings. The van der Waals surface area contributed by atoms with Crippen molar-refractivity contribution < 1.29 is 19.1 Å². The van der Waals surface area contributed by atoms with Crippen molar-refractivity contribution in [2.45, 2.75) is 26.7 Å². The molecular weight excluding hydrogens is 296 g/mol. The first-order chi connectivity index (χ1) is 11.0. The molecule has 2 amide bonds. The van der Waals surface area contributed by atoms with Gasteiger partial charge in [0.25, 0.3) is 5.91 Å². The van der Waals surface area contributed by atoms with Gasteiger partial charge in [-0.1, -0.05) is 19.9 Å². The first-order valence-corrected chi connectivity index (χ1v) is 7.81. The van der Waals surface area contributed by atoms with Gasteiger partial charge in [0.1, 0.15) is 0 Å². The fourth-order valence-corrected chi connectivity index (χ4v) is 2.31. The average Bonchev–Trinajstić information content (AvgIpc) is 2.96. The highest BCUT2D eigenvalue weighted by Crippen LogP contribution is 2.22. The van der Waals surface area contributed by atoms with Gasteiger partial charge in [0.2, 0.25) is 5.91 Å². The van der Waals surface area contributed by atoms with Crippen LogP contribution < -0.4 is 10.2 Å². The van der Waals surface area contributed by atoms with Crippen LogP contribution in [0.4, 0.5) is 5.69 Å². The Kier molecular flexibility index (Phi) is 5.73. The zero-order chi connectivity index (χ0) is 16.8. The Morgan fingerprint density at radius 3 is 2.78 bits per heavy atom. The van der Waals surface area contributed by atoms with Crippen LogP contribution in [-0.4, -0.2) is 37.5 Å². The summed E-state index contributed by atoms with van der Waals surface area (Å²) in [5.74, 6) is -0.496. The number of rotatable bonds is 6. The standard InChI is InChI=1S/C17H22N2O4/c1-12(2)10-18-15(20)11-23-17(22)13-5-3-6-14(9-13)19-8-4-7-16(19)21/h3,5-6,9,12H,4,7-8,10-11H2,1-2H3,(H,18,20). The van der Waals surface area contributed by atoms with Gasteiger partial charge in [0.15, 0.2) is 6.61 Å². The van der Waals surface area contributed by atoms with Crippen molar-refractivity contribution in [2.75, 3.05) is 24.6 Å². The van der Waals surface area contributed by atoms with Crippen molar-refractivity contribution in [2.24, 2.45) is 5.92 Å². The van der Waals surface area contributed by atoms with E-state index in [9.17, 15) is 14.4 Å². The quantitative estimate of drug-likeness (QED) is 0.811. The number of carbonyl (C=O) groups is 3. The van der Waals surface area contributed by atoms with E-state index in [4.69, 9.17) is 4.74 Å². The van der Waals surface area contributed by atoms with Crippen molar-refractivity contribution in [1.29, 1.82) is 0 Å². The van der Waals surface area contributed by atoms with Gasteiger partial charge in [0.05, 0.1) is 5.56 Å². The fourth-order valence-electron chi connectivity index (χ4n) is 2.31. The lowest BCUT2D eigenvalue weighted by Crippen LogP contribution is -2.31. The molecule has 6 nitrogen and oxygen atoms in total. The predicted molar refractivity (Wildman–Crippen MR) is 86.2 cm³/mol. The van der Waals surface area contributed by atoms with Crippen molar-refractivity contribution in [1.82, 2.24) is 5.32 Å². The molecule has 0 aromatic heterocycles. The Bertz CT molecular complexity index is 598. The Hall–Kier alpha value is -2.37. The van der Waals surface area contributed by atoms with Crippen molar-refractivity contribution in [3.63, 3.8) is 0 Å². The summed E-state index contributed by atoms with van der Waals surface area (Å²) in [5.41, 5.74) is 1.02. The van der Waals surface area contributed by atoms with Crippen LogP contribution in [0.3, 0.4) is 0 Å². The monoisotopic (exact) mass is 318 g/mol. The molecule has 1 N–H and O–H groups in total. The summed E-state index contributed by atoms with van der Waals surface area (Å²) in [6.07, 6.45) is 1.36. The summed E-state index contributed by atoms with van der Waals surface area (Å²) < 4.78 is 5.01. The maximum absolute atomic E-state index is 12.0. The zero-order valence-corrected chi connectivity index (χ0v) is 13.5. The van der Waals surface area contributed by atoms with Crippen LogP contribution in [0, 0.1) is 5.92 Å². The maximum Gasteiger partial charge on any atom is 0.338 e. The third-order valence-corrected chi connectivity index (χ3v) is 3.51. The molecule has 1 heterocycles. The van der Waals surface area contributed by atoms with E-state index in [1.54, 1.807) is 29.2 Å². The molecule has 0 spiro atoms. The molecule has 1 fully saturated rings. The number of carbonyl (C=O) groups excluding carboxylic acids is 3. The van der Waals surface area contributed by atoms with E-state index >= 15 is 0 Å². The molecule has 1 aromatic carbocycles. The number of benzene rings is 1. The second kappa shape index (κ2) is 7.76. The van der Waals surface area contributed by atoms with Crippen LogP contribution in [0.2, 0.25) is 0 Å².